The Labute approximate surface area is 132 Å². The second-order valence-corrected chi connectivity index (χ2v) is 5.13. The maximum absolute atomic E-state index is 6.12. The van der Waals surface area contributed by atoms with Gasteiger partial charge in [0, 0.05) is 11.8 Å². The van der Waals surface area contributed by atoms with Crippen molar-refractivity contribution < 1.29 is 4.74 Å². The van der Waals surface area contributed by atoms with E-state index in [9.17, 15) is 0 Å². The van der Waals surface area contributed by atoms with E-state index in [0.717, 1.165) is 5.69 Å². The van der Waals surface area contributed by atoms with Crippen molar-refractivity contribution in [3.63, 3.8) is 0 Å². The zero-order valence-corrected chi connectivity index (χ0v) is 12.9. The smallest absolute Gasteiger partial charge is 0.175 e. The lowest BCUT2D eigenvalue weighted by Gasteiger charge is -2.13. The summed E-state index contributed by atoms with van der Waals surface area (Å²) in [6.07, 6.45) is 0. The number of benzene rings is 2. The third-order valence-corrected chi connectivity index (χ3v) is 3.33. The molecular weight excluding hydrogens is 315 g/mol. The molecule has 0 heterocycles. The Morgan fingerprint density at radius 2 is 1.75 bits per heavy atom. The van der Waals surface area contributed by atoms with E-state index in [1.54, 1.807) is 19.2 Å². The number of methoxy groups -OCH3 is 1. The highest BCUT2D eigenvalue weighted by molar-refractivity contribution is 7.80. The topological polar surface area (TPSA) is 33.3 Å². The first kappa shape index (κ1) is 14.9. The Kier molecular flexibility index (Phi) is 5.06. The van der Waals surface area contributed by atoms with E-state index < -0.39 is 0 Å². The van der Waals surface area contributed by atoms with Crippen LogP contribution in [0.2, 0.25) is 10.0 Å². The number of halogens is 2. The molecule has 6 heteroatoms. The Hall–Kier alpha value is -1.49. The van der Waals surface area contributed by atoms with Crippen LogP contribution in [0.4, 0.5) is 11.4 Å². The minimum Gasteiger partial charge on any atom is -0.495 e. The minimum atomic E-state index is 0.433. The first-order chi connectivity index (χ1) is 9.60. The fourth-order valence-corrected chi connectivity index (χ4v) is 2.32. The highest BCUT2D eigenvalue weighted by atomic mass is 35.5. The van der Waals surface area contributed by atoms with Crippen LogP contribution in [0.3, 0.4) is 0 Å². The van der Waals surface area contributed by atoms with Gasteiger partial charge in [-0.05, 0) is 30.4 Å². The van der Waals surface area contributed by atoms with Gasteiger partial charge in [0.15, 0.2) is 5.11 Å². The van der Waals surface area contributed by atoms with Gasteiger partial charge in [-0.1, -0.05) is 41.4 Å². The van der Waals surface area contributed by atoms with Crippen LogP contribution in [0, 0.1) is 0 Å². The van der Waals surface area contributed by atoms with Crippen molar-refractivity contribution in [3.8, 4) is 5.75 Å². The lowest BCUT2D eigenvalue weighted by molar-refractivity contribution is 0.415. The molecule has 3 nitrogen and oxygen atoms in total. The van der Waals surface area contributed by atoms with E-state index in [1.165, 1.54) is 0 Å². The molecule has 0 aliphatic carbocycles. The van der Waals surface area contributed by atoms with Crippen molar-refractivity contribution in [2.75, 3.05) is 17.7 Å². The SMILES string of the molecule is COc1cc(NC(=S)Nc2ccccc2)c(Cl)cc1Cl. The van der Waals surface area contributed by atoms with Gasteiger partial charge in [0.1, 0.15) is 5.75 Å². The van der Waals surface area contributed by atoms with Crippen molar-refractivity contribution in [2.24, 2.45) is 0 Å². The summed E-state index contributed by atoms with van der Waals surface area (Å²) in [6.45, 7) is 0. The quantitative estimate of drug-likeness (QED) is 0.793. The van der Waals surface area contributed by atoms with Crippen molar-refractivity contribution in [3.05, 3.63) is 52.5 Å². The van der Waals surface area contributed by atoms with Crippen LogP contribution in [0.15, 0.2) is 42.5 Å². The molecule has 0 fully saturated rings. The van der Waals surface area contributed by atoms with Crippen molar-refractivity contribution in [2.45, 2.75) is 0 Å². The zero-order valence-electron chi connectivity index (χ0n) is 10.6. The number of hydrogen-bond acceptors (Lipinski definition) is 2. The fraction of sp³-hybridized carbons (Fsp3) is 0.0714. The molecule has 0 aliphatic rings. The number of ether oxygens (including phenoxy) is 1. The van der Waals surface area contributed by atoms with Gasteiger partial charge in [0.2, 0.25) is 0 Å². The highest BCUT2D eigenvalue weighted by Crippen LogP contribution is 2.34. The van der Waals surface area contributed by atoms with E-state index in [1.807, 2.05) is 30.3 Å². The standard InChI is InChI=1S/C14H12Cl2N2OS/c1-19-13-8-12(10(15)7-11(13)16)18-14(20)17-9-5-3-2-4-6-9/h2-8H,1H3,(H2,17,18,20). The monoisotopic (exact) mass is 326 g/mol. The summed E-state index contributed by atoms with van der Waals surface area (Å²) in [6, 6.07) is 12.9. The molecule has 0 spiro atoms. The van der Waals surface area contributed by atoms with Crippen LogP contribution in [-0.4, -0.2) is 12.2 Å². The average molecular weight is 327 g/mol. The van der Waals surface area contributed by atoms with Crippen molar-refractivity contribution >= 4 is 51.9 Å². The Morgan fingerprint density at radius 3 is 2.40 bits per heavy atom. The molecule has 2 aromatic carbocycles. The summed E-state index contributed by atoms with van der Waals surface area (Å²) in [4.78, 5) is 0. The first-order valence-electron chi connectivity index (χ1n) is 5.76. The molecular formula is C14H12Cl2N2OS. The van der Waals surface area contributed by atoms with Gasteiger partial charge in [0.25, 0.3) is 0 Å². The number of rotatable bonds is 3. The lowest BCUT2D eigenvalue weighted by Crippen LogP contribution is -2.19. The van der Waals surface area contributed by atoms with Gasteiger partial charge in [-0.2, -0.15) is 0 Å². The predicted molar refractivity (Wildman–Crippen MR) is 89.3 cm³/mol. The van der Waals surface area contributed by atoms with Crippen LogP contribution < -0.4 is 15.4 Å². The molecule has 0 saturated heterocycles. The largest absolute Gasteiger partial charge is 0.495 e. The summed E-state index contributed by atoms with van der Waals surface area (Å²) in [7, 11) is 1.54. The van der Waals surface area contributed by atoms with E-state index >= 15 is 0 Å². The molecule has 2 aromatic rings. The highest BCUT2D eigenvalue weighted by Gasteiger charge is 2.09. The van der Waals surface area contributed by atoms with E-state index in [0.29, 0.717) is 26.6 Å². The van der Waals surface area contributed by atoms with Crippen LogP contribution in [0.25, 0.3) is 0 Å². The molecule has 0 radical (unpaired) electrons. The van der Waals surface area contributed by atoms with Crippen LogP contribution in [0.5, 0.6) is 5.75 Å². The van der Waals surface area contributed by atoms with Gasteiger partial charge in [-0.25, -0.2) is 0 Å². The molecule has 0 aromatic heterocycles. The van der Waals surface area contributed by atoms with Crippen molar-refractivity contribution in [1.82, 2.24) is 0 Å². The van der Waals surface area contributed by atoms with Crippen LogP contribution >= 0.6 is 35.4 Å². The summed E-state index contributed by atoms with van der Waals surface area (Å²) < 4.78 is 5.15. The van der Waals surface area contributed by atoms with Crippen LogP contribution in [-0.2, 0) is 0 Å². The lowest BCUT2D eigenvalue weighted by atomic mass is 10.3. The first-order valence-corrected chi connectivity index (χ1v) is 6.92. The molecule has 2 rings (SSSR count). The average Bonchev–Trinajstić information content (AvgIpc) is 2.43. The molecule has 0 unspecified atom stereocenters. The minimum absolute atomic E-state index is 0.433. The number of anilines is 2. The van der Waals surface area contributed by atoms with Gasteiger partial charge in [-0.15, -0.1) is 0 Å². The summed E-state index contributed by atoms with van der Waals surface area (Å²) >= 11 is 17.3. The van der Waals surface area contributed by atoms with E-state index in [4.69, 9.17) is 40.2 Å². The van der Waals surface area contributed by atoms with Gasteiger partial charge in [-0.3, -0.25) is 0 Å². The molecule has 20 heavy (non-hydrogen) atoms. The molecule has 0 saturated carbocycles. The van der Waals surface area contributed by atoms with Crippen LogP contribution in [0.1, 0.15) is 0 Å². The Bertz CT molecular complexity index is 620. The Morgan fingerprint density at radius 1 is 1.05 bits per heavy atom. The van der Waals surface area contributed by atoms with Gasteiger partial charge >= 0.3 is 0 Å². The van der Waals surface area contributed by atoms with E-state index in [2.05, 4.69) is 10.6 Å². The number of nitrogens with one attached hydrogen (secondary N) is 2. The maximum Gasteiger partial charge on any atom is 0.175 e. The molecule has 0 aliphatic heterocycles. The third kappa shape index (κ3) is 3.76. The number of para-hydroxylation sites is 1. The summed E-state index contributed by atoms with van der Waals surface area (Å²) in [5, 5.41) is 7.42. The van der Waals surface area contributed by atoms with Crippen molar-refractivity contribution in [1.29, 1.82) is 0 Å². The second kappa shape index (κ2) is 6.79. The molecule has 2 N–H and O–H groups in total. The second-order valence-electron chi connectivity index (χ2n) is 3.91. The van der Waals surface area contributed by atoms with Gasteiger partial charge < -0.3 is 15.4 Å². The number of thiocarbonyl (C=S) groups is 1. The third-order valence-electron chi connectivity index (χ3n) is 2.52. The normalized spacial score (nSPS) is 9.95. The number of hydrogen-bond donors (Lipinski definition) is 2. The summed E-state index contributed by atoms with van der Waals surface area (Å²) in [5.41, 5.74) is 1.52. The molecule has 104 valence electrons. The maximum atomic E-state index is 6.12. The Balaban J connectivity index is 2.12. The predicted octanol–water partition coefficient (Wildman–Crippen LogP) is 4.81. The molecule has 0 bridgehead atoms. The van der Waals surface area contributed by atoms with E-state index in [-0.39, 0.29) is 0 Å². The molecule has 0 atom stereocenters. The zero-order chi connectivity index (χ0) is 14.5. The van der Waals surface area contributed by atoms with Gasteiger partial charge in [0.05, 0.1) is 22.8 Å². The fourth-order valence-electron chi connectivity index (χ4n) is 1.59. The molecule has 0 amide bonds. The summed E-state index contributed by atoms with van der Waals surface area (Å²) in [5.74, 6) is 0.529.